The van der Waals surface area contributed by atoms with Crippen molar-refractivity contribution in [1.82, 2.24) is 4.90 Å². The molecule has 0 aliphatic heterocycles. The van der Waals surface area contributed by atoms with Crippen LogP contribution in [0.2, 0.25) is 0 Å². The first-order valence-electron chi connectivity index (χ1n) is 6.01. The molecule has 0 aliphatic carbocycles. The number of carbonyl (C=O) groups excluding carboxylic acids is 1. The number of likely N-dealkylation sites (N-methyl/N-ethyl adjacent to an activating group) is 1. The number of carbonyl (C=O) groups is 1. The van der Waals surface area contributed by atoms with Crippen molar-refractivity contribution in [3.05, 3.63) is 71.8 Å². The molecular formula is C16H19CaNO. The second-order valence-corrected chi connectivity index (χ2v) is 4.49. The standard InChI is InChI=1S/C16H17NO.Ca.2H/c1-17(2)16(18)15(13-9-5-3-6-10-13)14-11-7-4-8-12-14;;;/h3-12,15H,1-2H3;;;. The third kappa shape index (κ3) is 4.07. The van der Waals surface area contributed by atoms with Crippen LogP contribution in [0.4, 0.5) is 0 Å². The van der Waals surface area contributed by atoms with E-state index in [1.54, 1.807) is 19.0 Å². The molecule has 0 bridgehead atoms. The van der Waals surface area contributed by atoms with Crippen LogP contribution in [0.15, 0.2) is 60.7 Å². The first-order valence-corrected chi connectivity index (χ1v) is 6.01. The zero-order valence-corrected chi connectivity index (χ0v) is 10.7. The van der Waals surface area contributed by atoms with Crippen LogP contribution in [0.5, 0.6) is 0 Å². The van der Waals surface area contributed by atoms with Gasteiger partial charge in [-0.2, -0.15) is 0 Å². The fourth-order valence-corrected chi connectivity index (χ4v) is 2.03. The molecule has 3 heteroatoms. The molecule has 0 N–H and O–H groups in total. The maximum atomic E-state index is 12.4. The zero-order valence-electron chi connectivity index (χ0n) is 10.7. The molecule has 1 amide bonds. The molecule has 0 fully saturated rings. The monoisotopic (exact) mass is 281 g/mol. The maximum absolute atomic E-state index is 12.4. The number of nitrogens with zero attached hydrogens (tertiary/aromatic N) is 1. The van der Waals surface area contributed by atoms with E-state index in [1.165, 1.54) is 0 Å². The number of hydrogen-bond acceptors (Lipinski definition) is 1. The van der Waals surface area contributed by atoms with Crippen molar-refractivity contribution >= 4 is 43.6 Å². The van der Waals surface area contributed by atoms with Gasteiger partial charge in [0.15, 0.2) is 0 Å². The van der Waals surface area contributed by atoms with Crippen LogP contribution in [0, 0.1) is 0 Å². The molecule has 0 heterocycles. The minimum absolute atomic E-state index is 0. The quantitative estimate of drug-likeness (QED) is 0.788. The molecular weight excluding hydrogens is 262 g/mol. The number of hydrogen-bond donors (Lipinski definition) is 0. The summed E-state index contributed by atoms with van der Waals surface area (Å²) in [5, 5.41) is 0. The van der Waals surface area contributed by atoms with Gasteiger partial charge in [0, 0.05) is 14.1 Å². The van der Waals surface area contributed by atoms with E-state index in [9.17, 15) is 4.79 Å². The van der Waals surface area contributed by atoms with E-state index in [-0.39, 0.29) is 49.6 Å². The Bertz CT molecular complexity index is 471. The van der Waals surface area contributed by atoms with E-state index in [0.29, 0.717) is 0 Å². The second kappa shape index (κ2) is 7.68. The van der Waals surface area contributed by atoms with E-state index < -0.39 is 0 Å². The summed E-state index contributed by atoms with van der Waals surface area (Å²) in [4.78, 5) is 14.0. The van der Waals surface area contributed by atoms with Gasteiger partial charge in [0.25, 0.3) is 0 Å². The number of benzene rings is 2. The second-order valence-electron chi connectivity index (χ2n) is 4.49. The van der Waals surface area contributed by atoms with Crippen LogP contribution in [0.1, 0.15) is 17.0 Å². The summed E-state index contributed by atoms with van der Waals surface area (Å²) in [5.41, 5.74) is 2.06. The Balaban J connectivity index is 0.00000180. The Hall–Kier alpha value is -0.830. The molecule has 96 valence electrons. The first kappa shape index (κ1) is 16.2. The Labute approximate surface area is 144 Å². The molecule has 0 saturated carbocycles. The third-order valence-corrected chi connectivity index (χ3v) is 2.95. The molecule has 2 aromatic rings. The average Bonchev–Trinajstić information content (AvgIpc) is 2.41. The molecule has 2 rings (SSSR count). The van der Waals surface area contributed by atoms with Crippen molar-refractivity contribution < 1.29 is 4.79 Å². The Morgan fingerprint density at radius 3 is 1.53 bits per heavy atom. The van der Waals surface area contributed by atoms with Crippen LogP contribution in [-0.2, 0) is 4.79 Å². The van der Waals surface area contributed by atoms with Gasteiger partial charge in [0.05, 0.1) is 5.92 Å². The van der Waals surface area contributed by atoms with Crippen LogP contribution < -0.4 is 0 Å². The van der Waals surface area contributed by atoms with Crippen molar-refractivity contribution in [3.8, 4) is 0 Å². The van der Waals surface area contributed by atoms with Crippen molar-refractivity contribution in [1.29, 1.82) is 0 Å². The Morgan fingerprint density at radius 2 is 1.21 bits per heavy atom. The average molecular weight is 281 g/mol. The summed E-state index contributed by atoms with van der Waals surface area (Å²) in [5.74, 6) is -0.116. The molecule has 0 atom stereocenters. The van der Waals surface area contributed by atoms with Crippen molar-refractivity contribution in [2.45, 2.75) is 5.92 Å². The summed E-state index contributed by atoms with van der Waals surface area (Å²) in [7, 11) is 3.59. The van der Waals surface area contributed by atoms with Crippen LogP contribution in [0.3, 0.4) is 0 Å². The normalized spacial score (nSPS) is 9.84. The van der Waals surface area contributed by atoms with E-state index in [2.05, 4.69) is 0 Å². The van der Waals surface area contributed by atoms with Gasteiger partial charge in [-0.3, -0.25) is 4.79 Å². The van der Waals surface area contributed by atoms with E-state index in [4.69, 9.17) is 0 Å². The molecule has 19 heavy (non-hydrogen) atoms. The first-order chi connectivity index (χ1) is 8.70. The van der Waals surface area contributed by atoms with Gasteiger partial charge < -0.3 is 4.90 Å². The van der Waals surface area contributed by atoms with E-state index >= 15 is 0 Å². The van der Waals surface area contributed by atoms with Crippen LogP contribution in [-0.4, -0.2) is 62.6 Å². The minimum atomic E-state index is -0.220. The SMILES string of the molecule is CN(C)C(=O)C(c1ccccc1)c1ccccc1.[CaH2]. The number of amides is 1. The predicted octanol–water partition coefficient (Wildman–Crippen LogP) is 1.99. The molecule has 0 spiro atoms. The predicted molar refractivity (Wildman–Crippen MR) is 82.0 cm³/mol. The fraction of sp³-hybridized carbons (Fsp3) is 0.188. The van der Waals surface area contributed by atoms with Gasteiger partial charge in [0.1, 0.15) is 0 Å². The molecule has 0 aromatic heterocycles. The van der Waals surface area contributed by atoms with Gasteiger partial charge >= 0.3 is 37.7 Å². The van der Waals surface area contributed by atoms with E-state index in [0.717, 1.165) is 11.1 Å². The zero-order chi connectivity index (χ0) is 13.0. The van der Waals surface area contributed by atoms with Gasteiger partial charge in [0.2, 0.25) is 5.91 Å². The molecule has 0 radical (unpaired) electrons. The Morgan fingerprint density at radius 1 is 0.842 bits per heavy atom. The molecule has 2 nitrogen and oxygen atoms in total. The van der Waals surface area contributed by atoms with Gasteiger partial charge in [-0.1, -0.05) is 60.7 Å². The summed E-state index contributed by atoms with van der Waals surface area (Å²) >= 11 is 0. The summed E-state index contributed by atoms with van der Waals surface area (Å²) in [6, 6.07) is 19.8. The van der Waals surface area contributed by atoms with Gasteiger partial charge in [-0.25, -0.2) is 0 Å². The summed E-state index contributed by atoms with van der Waals surface area (Å²) in [6.07, 6.45) is 0. The topological polar surface area (TPSA) is 20.3 Å². The van der Waals surface area contributed by atoms with Crippen molar-refractivity contribution in [2.75, 3.05) is 14.1 Å². The molecule has 0 saturated heterocycles. The van der Waals surface area contributed by atoms with Crippen molar-refractivity contribution in [2.24, 2.45) is 0 Å². The fourth-order valence-electron chi connectivity index (χ4n) is 2.03. The molecule has 0 aliphatic rings. The number of rotatable bonds is 3. The van der Waals surface area contributed by atoms with Crippen LogP contribution in [0.25, 0.3) is 0 Å². The van der Waals surface area contributed by atoms with Crippen molar-refractivity contribution in [3.63, 3.8) is 0 Å². The van der Waals surface area contributed by atoms with Gasteiger partial charge in [-0.15, -0.1) is 0 Å². The summed E-state index contributed by atoms with van der Waals surface area (Å²) in [6.45, 7) is 0. The molecule has 0 unspecified atom stereocenters. The van der Waals surface area contributed by atoms with Gasteiger partial charge in [-0.05, 0) is 11.1 Å². The third-order valence-electron chi connectivity index (χ3n) is 2.95. The van der Waals surface area contributed by atoms with E-state index in [1.807, 2.05) is 60.7 Å². The molecule has 2 aromatic carbocycles. The Kier molecular flexibility index (Phi) is 6.56. The van der Waals surface area contributed by atoms with Crippen LogP contribution >= 0.6 is 0 Å². The summed E-state index contributed by atoms with van der Waals surface area (Å²) < 4.78 is 0.